The van der Waals surface area contributed by atoms with E-state index in [4.69, 9.17) is 4.74 Å². The molecule has 0 saturated carbocycles. The molecule has 0 aliphatic rings. The van der Waals surface area contributed by atoms with Crippen molar-refractivity contribution in [2.75, 3.05) is 0 Å². The molecule has 0 heterocycles. The molecule has 0 saturated heterocycles. The first-order valence-electron chi connectivity index (χ1n) is 6.19. The summed E-state index contributed by atoms with van der Waals surface area (Å²) in [6, 6.07) is 18.6. The molecular formula is C17H18O. The van der Waals surface area contributed by atoms with Gasteiger partial charge in [-0.1, -0.05) is 60.7 Å². The summed E-state index contributed by atoms with van der Waals surface area (Å²) < 4.78 is 5.76. The van der Waals surface area contributed by atoms with Crippen molar-refractivity contribution in [2.45, 2.75) is 19.6 Å². The Labute approximate surface area is 109 Å². The summed E-state index contributed by atoms with van der Waals surface area (Å²) in [5, 5.41) is 0. The minimum Gasteiger partial charge on any atom is -0.372 e. The molecule has 1 heteroatoms. The van der Waals surface area contributed by atoms with E-state index in [0.717, 1.165) is 6.42 Å². The fourth-order valence-electron chi connectivity index (χ4n) is 1.91. The Bertz CT molecular complexity index is 488. The molecule has 0 fully saturated rings. The van der Waals surface area contributed by atoms with Gasteiger partial charge in [0.25, 0.3) is 0 Å². The molecule has 0 radical (unpaired) electrons. The molecule has 2 aromatic rings. The Kier molecular flexibility index (Phi) is 4.74. The zero-order chi connectivity index (χ0) is 12.6. The van der Waals surface area contributed by atoms with Crippen LogP contribution in [0.25, 0.3) is 0 Å². The molecule has 0 aliphatic heterocycles. The van der Waals surface area contributed by atoms with Gasteiger partial charge in [-0.05, 0) is 23.1 Å². The van der Waals surface area contributed by atoms with Crippen LogP contribution in [0.2, 0.25) is 0 Å². The zero-order valence-electron chi connectivity index (χ0n) is 10.5. The largest absolute Gasteiger partial charge is 0.372 e. The maximum Gasteiger partial charge on any atom is 0.0724 e. The molecular weight excluding hydrogens is 220 g/mol. The van der Waals surface area contributed by atoms with Crippen molar-refractivity contribution in [3.8, 4) is 0 Å². The van der Waals surface area contributed by atoms with E-state index in [1.165, 1.54) is 16.7 Å². The van der Waals surface area contributed by atoms with Gasteiger partial charge in [-0.15, -0.1) is 6.58 Å². The molecule has 0 atom stereocenters. The molecule has 92 valence electrons. The third-order valence-corrected chi connectivity index (χ3v) is 2.85. The third-order valence-electron chi connectivity index (χ3n) is 2.85. The van der Waals surface area contributed by atoms with Crippen molar-refractivity contribution in [2.24, 2.45) is 0 Å². The van der Waals surface area contributed by atoms with Gasteiger partial charge in [0.05, 0.1) is 13.2 Å². The van der Waals surface area contributed by atoms with Crippen LogP contribution in [0, 0.1) is 0 Å². The smallest absolute Gasteiger partial charge is 0.0724 e. The Morgan fingerprint density at radius 3 is 2.22 bits per heavy atom. The lowest BCUT2D eigenvalue weighted by atomic mass is 10.1. The predicted molar refractivity (Wildman–Crippen MR) is 75.3 cm³/mol. The molecule has 0 unspecified atom stereocenters. The summed E-state index contributed by atoms with van der Waals surface area (Å²) in [5.74, 6) is 0. The van der Waals surface area contributed by atoms with Crippen molar-refractivity contribution in [1.29, 1.82) is 0 Å². The molecule has 0 spiro atoms. The highest BCUT2D eigenvalue weighted by atomic mass is 16.5. The first kappa shape index (κ1) is 12.6. The SMILES string of the molecule is C=CCc1ccccc1COCc1ccccc1. The Morgan fingerprint density at radius 1 is 0.833 bits per heavy atom. The van der Waals surface area contributed by atoms with E-state index in [1.807, 2.05) is 30.3 Å². The second-order valence-electron chi connectivity index (χ2n) is 4.24. The van der Waals surface area contributed by atoms with Gasteiger partial charge >= 0.3 is 0 Å². The van der Waals surface area contributed by atoms with Crippen molar-refractivity contribution < 1.29 is 4.74 Å². The Morgan fingerprint density at radius 2 is 1.50 bits per heavy atom. The number of allylic oxidation sites excluding steroid dienone is 1. The third kappa shape index (κ3) is 3.57. The highest BCUT2D eigenvalue weighted by Gasteiger charge is 2.00. The summed E-state index contributed by atoms with van der Waals surface area (Å²) in [5.41, 5.74) is 3.74. The average molecular weight is 238 g/mol. The van der Waals surface area contributed by atoms with Gasteiger partial charge < -0.3 is 4.74 Å². The van der Waals surface area contributed by atoms with E-state index in [1.54, 1.807) is 0 Å². The first-order chi connectivity index (χ1) is 8.90. The molecule has 0 bridgehead atoms. The summed E-state index contributed by atoms with van der Waals surface area (Å²) in [4.78, 5) is 0. The lowest BCUT2D eigenvalue weighted by Gasteiger charge is -2.08. The van der Waals surface area contributed by atoms with Crippen LogP contribution in [0.5, 0.6) is 0 Å². The second kappa shape index (κ2) is 6.77. The van der Waals surface area contributed by atoms with Crippen LogP contribution in [-0.4, -0.2) is 0 Å². The van der Waals surface area contributed by atoms with Crippen LogP contribution in [-0.2, 0) is 24.4 Å². The minimum absolute atomic E-state index is 0.652. The van der Waals surface area contributed by atoms with E-state index >= 15 is 0 Å². The molecule has 2 rings (SSSR count). The predicted octanol–water partition coefficient (Wildman–Crippen LogP) is 4.13. The Balaban J connectivity index is 1.92. The first-order valence-corrected chi connectivity index (χ1v) is 6.19. The summed E-state index contributed by atoms with van der Waals surface area (Å²) >= 11 is 0. The van der Waals surface area contributed by atoms with Crippen LogP contribution in [0.4, 0.5) is 0 Å². The number of hydrogen-bond donors (Lipinski definition) is 0. The molecule has 0 aliphatic carbocycles. The normalized spacial score (nSPS) is 10.2. The van der Waals surface area contributed by atoms with Crippen LogP contribution in [0.3, 0.4) is 0 Å². The van der Waals surface area contributed by atoms with Crippen LogP contribution >= 0.6 is 0 Å². The molecule has 1 nitrogen and oxygen atoms in total. The summed E-state index contributed by atoms with van der Waals surface area (Å²) in [6.45, 7) is 5.09. The van der Waals surface area contributed by atoms with Crippen molar-refractivity contribution in [3.05, 3.63) is 83.9 Å². The van der Waals surface area contributed by atoms with Gasteiger partial charge in [0.2, 0.25) is 0 Å². The minimum atomic E-state index is 0.652. The molecule has 0 N–H and O–H groups in total. The zero-order valence-corrected chi connectivity index (χ0v) is 10.5. The van der Waals surface area contributed by atoms with E-state index < -0.39 is 0 Å². The van der Waals surface area contributed by atoms with Crippen molar-refractivity contribution >= 4 is 0 Å². The van der Waals surface area contributed by atoms with Crippen LogP contribution in [0.15, 0.2) is 67.3 Å². The average Bonchev–Trinajstić information content (AvgIpc) is 2.42. The number of ether oxygens (including phenoxy) is 1. The van der Waals surface area contributed by atoms with E-state index in [9.17, 15) is 0 Å². The quantitative estimate of drug-likeness (QED) is 0.687. The van der Waals surface area contributed by atoms with Gasteiger partial charge in [-0.2, -0.15) is 0 Å². The van der Waals surface area contributed by atoms with E-state index in [0.29, 0.717) is 13.2 Å². The Hall–Kier alpha value is -1.86. The molecule has 2 aromatic carbocycles. The van der Waals surface area contributed by atoms with Gasteiger partial charge in [0, 0.05) is 0 Å². The number of benzene rings is 2. The standard InChI is InChI=1S/C17H18O/c1-2-8-16-11-6-7-12-17(16)14-18-13-15-9-4-3-5-10-15/h2-7,9-12H,1,8,13-14H2. The van der Waals surface area contributed by atoms with Crippen LogP contribution < -0.4 is 0 Å². The summed E-state index contributed by atoms with van der Waals surface area (Å²) in [6.07, 6.45) is 2.82. The maximum absolute atomic E-state index is 5.76. The van der Waals surface area contributed by atoms with Gasteiger partial charge in [-0.3, -0.25) is 0 Å². The highest BCUT2D eigenvalue weighted by molar-refractivity contribution is 5.28. The van der Waals surface area contributed by atoms with Gasteiger partial charge in [0.1, 0.15) is 0 Å². The highest BCUT2D eigenvalue weighted by Crippen LogP contribution is 2.12. The van der Waals surface area contributed by atoms with Gasteiger partial charge in [0.15, 0.2) is 0 Å². The summed E-state index contributed by atoms with van der Waals surface area (Å²) in [7, 11) is 0. The lowest BCUT2D eigenvalue weighted by molar-refractivity contribution is 0.106. The monoisotopic (exact) mass is 238 g/mol. The van der Waals surface area contributed by atoms with Gasteiger partial charge in [-0.25, -0.2) is 0 Å². The molecule has 0 amide bonds. The maximum atomic E-state index is 5.76. The molecule has 0 aromatic heterocycles. The lowest BCUT2D eigenvalue weighted by Crippen LogP contribution is -1.97. The number of hydrogen-bond acceptors (Lipinski definition) is 1. The number of rotatable bonds is 6. The fourth-order valence-corrected chi connectivity index (χ4v) is 1.91. The van der Waals surface area contributed by atoms with Crippen molar-refractivity contribution in [3.63, 3.8) is 0 Å². The van der Waals surface area contributed by atoms with Crippen LogP contribution in [0.1, 0.15) is 16.7 Å². The topological polar surface area (TPSA) is 9.23 Å². The van der Waals surface area contributed by atoms with Crippen molar-refractivity contribution in [1.82, 2.24) is 0 Å². The fraction of sp³-hybridized carbons (Fsp3) is 0.176. The van der Waals surface area contributed by atoms with E-state index in [-0.39, 0.29) is 0 Å². The molecule has 18 heavy (non-hydrogen) atoms. The second-order valence-corrected chi connectivity index (χ2v) is 4.24. The van der Waals surface area contributed by atoms with E-state index in [2.05, 4.69) is 36.9 Å².